The second kappa shape index (κ2) is 9.45. The molecular weight excluding hydrogens is 524 g/mol. The van der Waals surface area contributed by atoms with E-state index in [2.05, 4.69) is 4.98 Å². The first-order valence-corrected chi connectivity index (χ1v) is 13.4. The summed E-state index contributed by atoms with van der Waals surface area (Å²) < 4.78 is 12.2. The van der Waals surface area contributed by atoms with Crippen molar-refractivity contribution in [3.8, 4) is 11.5 Å². The van der Waals surface area contributed by atoms with Gasteiger partial charge in [-0.05, 0) is 73.5 Å². The number of thiazole rings is 1. The maximum atomic E-state index is 13.5. The normalized spacial score (nSPS) is 20.1. The molecule has 6 rings (SSSR count). The lowest BCUT2D eigenvalue weighted by atomic mass is 9.94. The van der Waals surface area contributed by atoms with E-state index >= 15 is 0 Å². The molecule has 0 radical (unpaired) electrons. The van der Waals surface area contributed by atoms with Gasteiger partial charge in [-0.1, -0.05) is 35.1 Å². The number of hydrogen-bond acceptors (Lipinski definition) is 7. The van der Waals surface area contributed by atoms with Crippen molar-refractivity contribution in [1.29, 1.82) is 0 Å². The van der Waals surface area contributed by atoms with Crippen LogP contribution in [0.25, 0.3) is 16.0 Å². The first kappa shape index (κ1) is 24.5. The number of hydrogen-bond donors (Lipinski definition) is 1. The monoisotopic (exact) mass is 546 g/mol. The summed E-state index contributed by atoms with van der Waals surface area (Å²) in [4.78, 5) is 33.0. The molecule has 4 aromatic rings. The van der Waals surface area contributed by atoms with Gasteiger partial charge in [-0.2, -0.15) is 0 Å². The minimum atomic E-state index is -0.913. The van der Waals surface area contributed by atoms with Crippen LogP contribution >= 0.6 is 22.9 Å². The third-order valence-corrected chi connectivity index (χ3v) is 7.90. The van der Waals surface area contributed by atoms with Gasteiger partial charge in [0.1, 0.15) is 23.4 Å². The number of rotatable bonds is 5. The van der Waals surface area contributed by atoms with E-state index in [9.17, 15) is 14.7 Å². The number of carbonyl (C=O) groups is 2. The van der Waals surface area contributed by atoms with Crippen molar-refractivity contribution in [2.24, 2.45) is 0 Å². The Kier molecular flexibility index (Phi) is 6.08. The fourth-order valence-electron chi connectivity index (χ4n) is 5.00. The highest BCUT2D eigenvalue weighted by molar-refractivity contribution is 7.22. The number of anilines is 1. The molecule has 0 spiro atoms. The largest absolute Gasteiger partial charge is 0.507 e. The third kappa shape index (κ3) is 4.10. The Morgan fingerprint density at radius 1 is 1.18 bits per heavy atom. The molecule has 2 atom stereocenters. The lowest BCUT2D eigenvalue weighted by Gasteiger charge is -2.23. The van der Waals surface area contributed by atoms with Crippen LogP contribution in [-0.2, 0) is 16.0 Å². The maximum Gasteiger partial charge on any atom is 0.301 e. The number of amides is 1. The zero-order valence-electron chi connectivity index (χ0n) is 20.6. The Labute approximate surface area is 227 Å². The van der Waals surface area contributed by atoms with E-state index in [1.165, 1.54) is 16.2 Å². The summed E-state index contributed by atoms with van der Waals surface area (Å²) in [5.41, 5.74) is 2.63. The third-order valence-electron chi connectivity index (χ3n) is 6.64. The van der Waals surface area contributed by atoms with Crippen LogP contribution < -0.4 is 14.4 Å². The number of ether oxygens (including phenoxy) is 2. The molecule has 1 amide bonds. The van der Waals surface area contributed by atoms with Crippen molar-refractivity contribution in [1.82, 2.24) is 4.98 Å². The van der Waals surface area contributed by atoms with E-state index in [0.717, 1.165) is 16.0 Å². The highest BCUT2D eigenvalue weighted by atomic mass is 35.5. The van der Waals surface area contributed by atoms with Gasteiger partial charge in [0.15, 0.2) is 5.13 Å². The Morgan fingerprint density at radius 2 is 2.03 bits per heavy atom. The number of benzene rings is 3. The van der Waals surface area contributed by atoms with Crippen molar-refractivity contribution >= 4 is 55.7 Å². The van der Waals surface area contributed by atoms with Crippen LogP contribution in [0.2, 0.25) is 5.02 Å². The Morgan fingerprint density at radius 3 is 2.82 bits per heavy atom. The number of aromatic nitrogens is 1. The Bertz CT molecular complexity index is 1650. The van der Waals surface area contributed by atoms with Crippen molar-refractivity contribution in [2.75, 3.05) is 11.5 Å². The minimum absolute atomic E-state index is 0.0153. The van der Waals surface area contributed by atoms with Gasteiger partial charge in [-0.15, -0.1) is 0 Å². The summed E-state index contributed by atoms with van der Waals surface area (Å²) >= 11 is 7.59. The van der Waals surface area contributed by atoms with E-state index in [1.807, 2.05) is 38.1 Å². The van der Waals surface area contributed by atoms with Gasteiger partial charge in [0.05, 0.1) is 28.4 Å². The highest BCUT2D eigenvalue weighted by Gasteiger charge is 2.48. The number of aliphatic hydroxyl groups excluding tert-OH is 1. The van der Waals surface area contributed by atoms with Crippen molar-refractivity contribution in [2.45, 2.75) is 32.4 Å². The van der Waals surface area contributed by atoms with Crippen molar-refractivity contribution in [3.05, 3.63) is 87.9 Å². The average molecular weight is 547 g/mol. The van der Waals surface area contributed by atoms with Crippen molar-refractivity contribution < 1.29 is 24.2 Å². The van der Waals surface area contributed by atoms with Crippen LogP contribution in [0.1, 0.15) is 36.6 Å². The molecule has 1 aromatic heterocycles. The lowest BCUT2D eigenvalue weighted by Crippen LogP contribution is -2.29. The van der Waals surface area contributed by atoms with E-state index in [-0.39, 0.29) is 17.4 Å². The summed E-state index contributed by atoms with van der Waals surface area (Å²) in [5, 5.41) is 12.3. The summed E-state index contributed by atoms with van der Waals surface area (Å²) in [6.45, 7) is 4.40. The summed E-state index contributed by atoms with van der Waals surface area (Å²) in [7, 11) is 0. The second-order valence-corrected chi connectivity index (χ2v) is 10.7. The summed E-state index contributed by atoms with van der Waals surface area (Å²) in [5.74, 6) is -0.358. The zero-order chi connectivity index (χ0) is 26.6. The Hall–Kier alpha value is -3.88. The van der Waals surface area contributed by atoms with Crippen LogP contribution in [0.5, 0.6) is 11.5 Å². The van der Waals surface area contributed by atoms with E-state index in [4.69, 9.17) is 21.1 Å². The van der Waals surface area contributed by atoms with E-state index in [0.29, 0.717) is 45.6 Å². The predicted molar refractivity (Wildman–Crippen MR) is 147 cm³/mol. The molecule has 1 fully saturated rings. The van der Waals surface area contributed by atoms with Gasteiger partial charge in [0.25, 0.3) is 5.78 Å². The molecule has 1 saturated heterocycles. The zero-order valence-corrected chi connectivity index (χ0v) is 22.2. The van der Waals surface area contributed by atoms with Crippen LogP contribution in [0, 0.1) is 0 Å². The van der Waals surface area contributed by atoms with Gasteiger partial charge in [-0.25, -0.2) is 4.98 Å². The van der Waals surface area contributed by atoms with Crippen LogP contribution in [0.3, 0.4) is 0 Å². The van der Waals surface area contributed by atoms with Gasteiger partial charge in [0, 0.05) is 17.0 Å². The SMILES string of the molecule is CCOc1ccc2nc(N3C(=O)C(=O)C(=C(O)c4ccc5c(c4)C[C@H](C)O5)[C@@H]3c3cccc(Cl)c3)sc2c1. The number of nitrogens with zero attached hydrogens (tertiary/aromatic N) is 2. The van der Waals surface area contributed by atoms with Crippen LogP contribution in [0.15, 0.2) is 66.2 Å². The molecule has 1 N–H and O–H groups in total. The molecular formula is C29H23ClN2O5S. The van der Waals surface area contributed by atoms with E-state index in [1.54, 1.807) is 36.4 Å². The molecule has 0 unspecified atom stereocenters. The van der Waals surface area contributed by atoms with Crippen LogP contribution in [-0.4, -0.2) is 34.5 Å². The number of ketones is 1. The van der Waals surface area contributed by atoms with Gasteiger partial charge >= 0.3 is 5.91 Å². The predicted octanol–water partition coefficient (Wildman–Crippen LogP) is 6.30. The summed E-state index contributed by atoms with van der Waals surface area (Å²) in [6.07, 6.45) is 0.722. The highest BCUT2D eigenvalue weighted by Crippen LogP contribution is 2.45. The number of carbonyl (C=O) groups excluding carboxylic acids is 2. The molecule has 3 heterocycles. The van der Waals surface area contributed by atoms with E-state index < -0.39 is 17.7 Å². The molecule has 2 aliphatic rings. The number of Topliss-reactive ketones (excluding diaryl/α,β-unsaturated/α-hetero) is 1. The molecule has 3 aromatic carbocycles. The molecule has 0 saturated carbocycles. The standard InChI is InChI=1S/C29H23ClN2O5S/c1-3-36-20-8-9-21-23(14-20)38-29(31-21)32-25(16-5-4-6-19(30)13-16)24(27(34)28(32)35)26(33)17-7-10-22-18(12-17)11-15(2)37-22/h4-10,12-15,25,33H,3,11H2,1-2H3/t15-,25-/m0/s1. The minimum Gasteiger partial charge on any atom is -0.507 e. The average Bonchev–Trinajstić information content (AvgIpc) is 3.56. The van der Waals surface area contributed by atoms with Gasteiger partial charge in [0.2, 0.25) is 0 Å². The first-order chi connectivity index (χ1) is 18.3. The molecule has 0 aliphatic carbocycles. The molecule has 192 valence electrons. The topological polar surface area (TPSA) is 89.0 Å². The first-order valence-electron chi connectivity index (χ1n) is 12.2. The fraction of sp³-hybridized carbons (Fsp3) is 0.207. The molecule has 2 aliphatic heterocycles. The van der Waals surface area contributed by atoms with Gasteiger partial charge < -0.3 is 14.6 Å². The molecule has 9 heteroatoms. The molecule has 38 heavy (non-hydrogen) atoms. The smallest absolute Gasteiger partial charge is 0.301 e. The lowest BCUT2D eigenvalue weighted by molar-refractivity contribution is -0.132. The quantitative estimate of drug-likeness (QED) is 0.179. The summed E-state index contributed by atoms with van der Waals surface area (Å²) in [6, 6.07) is 16.8. The van der Waals surface area contributed by atoms with Gasteiger partial charge in [-0.3, -0.25) is 14.5 Å². The fourth-order valence-corrected chi connectivity index (χ4v) is 6.22. The molecule has 0 bridgehead atoms. The number of fused-ring (bicyclic) bond motifs is 2. The maximum absolute atomic E-state index is 13.5. The number of halogens is 1. The van der Waals surface area contributed by atoms with Crippen LogP contribution in [0.4, 0.5) is 5.13 Å². The second-order valence-electron chi connectivity index (χ2n) is 9.24. The van der Waals surface area contributed by atoms with Crippen molar-refractivity contribution in [3.63, 3.8) is 0 Å². The Balaban J connectivity index is 1.51. The number of aliphatic hydroxyl groups is 1. The molecule has 7 nitrogen and oxygen atoms in total.